The van der Waals surface area contributed by atoms with E-state index >= 15 is 0 Å². The van der Waals surface area contributed by atoms with Gasteiger partial charge >= 0.3 is 12.2 Å². The van der Waals surface area contributed by atoms with Crippen molar-refractivity contribution in [2.24, 2.45) is 0 Å². The molecule has 2 aromatic carbocycles. The summed E-state index contributed by atoms with van der Waals surface area (Å²) in [7, 11) is 0. The first kappa shape index (κ1) is 34.2. The number of nitrogens with zero attached hydrogens (tertiary/aromatic N) is 6. The molecule has 1 aliphatic rings. The smallest absolute Gasteiger partial charge is 0.408 e. The van der Waals surface area contributed by atoms with Gasteiger partial charge in [-0.05, 0) is 49.2 Å². The minimum absolute atomic E-state index is 0.190. The average molecular weight is 699 g/mol. The molecule has 0 radical (unpaired) electrons. The number of ether oxygens (including phenoxy) is 2. The first-order valence-electron chi connectivity index (χ1n) is 17.4. The number of benzene rings is 2. The second-order valence-corrected chi connectivity index (χ2v) is 13.0. The van der Waals surface area contributed by atoms with Crippen molar-refractivity contribution in [1.82, 2.24) is 29.7 Å². The molecule has 52 heavy (non-hydrogen) atoms. The van der Waals surface area contributed by atoms with Crippen LogP contribution in [-0.4, -0.2) is 31.3 Å². The minimum atomic E-state index is -0.490. The van der Waals surface area contributed by atoms with Crippen LogP contribution in [0.3, 0.4) is 0 Å². The van der Waals surface area contributed by atoms with Crippen molar-refractivity contribution in [1.29, 1.82) is 0 Å². The highest BCUT2D eigenvalue weighted by Gasteiger charge is 2.25. The van der Waals surface area contributed by atoms with Gasteiger partial charge in [-0.2, -0.15) is 0 Å². The molecule has 2 atom stereocenters. The van der Waals surface area contributed by atoms with Crippen molar-refractivity contribution in [3.63, 3.8) is 0 Å². The van der Waals surface area contributed by atoms with Crippen LogP contribution in [-0.2, 0) is 48.9 Å². The maximum absolute atomic E-state index is 12.8. The topological polar surface area (TPSA) is 120 Å². The van der Waals surface area contributed by atoms with Gasteiger partial charge in [0.05, 0.1) is 34.9 Å². The average Bonchev–Trinajstić information content (AvgIpc) is 3.73. The lowest BCUT2D eigenvalue weighted by Gasteiger charge is -2.13. The Labute approximate surface area is 302 Å². The summed E-state index contributed by atoms with van der Waals surface area (Å²) in [4.78, 5) is 35.7. The van der Waals surface area contributed by atoms with Gasteiger partial charge in [0.2, 0.25) is 12.7 Å². The van der Waals surface area contributed by atoms with Gasteiger partial charge in [-0.1, -0.05) is 72.8 Å². The maximum atomic E-state index is 12.8. The van der Waals surface area contributed by atoms with Gasteiger partial charge in [0, 0.05) is 0 Å². The molecule has 0 aliphatic carbocycles. The molecular formula is C40H42N8O4+2. The van der Waals surface area contributed by atoms with Crippen LogP contribution < -0.4 is 19.8 Å². The highest BCUT2D eigenvalue weighted by Crippen LogP contribution is 2.17. The molecule has 1 aliphatic heterocycles. The van der Waals surface area contributed by atoms with Crippen LogP contribution in [0, 0.1) is 0 Å². The van der Waals surface area contributed by atoms with E-state index in [0.717, 1.165) is 45.3 Å². The summed E-state index contributed by atoms with van der Waals surface area (Å²) in [5.41, 5.74) is 7.17. The molecular weight excluding hydrogens is 656 g/mol. The van der Waals surface area contributed by atoms with Gasteiger partial charge in [-0.3, -0.25) is 0 Å². The summed E-state index contributed by atoms with van der Waals surface area (Å²) in [6, 6.07) is 30.6. The number of nitrogens with one attached hydrogen (secondary N) is 2. The highest BCUT2D eigenvalue weighted by molar-refractivity contribution is 5.68. The standard InChI is InChI=1S/C40H40N8O4/c1-29(41-39(49)51-25-31-11-5-3-6-12-31)37-23-45-19-33-15-9-16-34(43-33)20-46-24-38(30(2)42-40(50)52-26-32-13-7-4-8-14-32)48(28-46)22-36-18-10-17-35(44-36)21-47(37)27-45/h3-18,23-24,27-30H,19-22,25-26H2,1-2H3/p+2/t29-,30-/m0/s1. The lowest BCUT2D eigenvalue weighted by molar-refractivity contribution is -0.690. The fraction of sp³-hybridized carbons (Fsp3) is 0.250. The van der Waals surface area contributed by atoms with Gasteiger partial charge in [0.25, 0.3) is 0 Å². The number of fused-ring (bicyclic) bond motifs is 8. The van der Waals surface area contributed by atoms with Gasteiger partial charge in [-0.15, -0.1) is 0 Å². The maximum Gasteiger partial charge on any atom is 0.408 e. The lowest BCUT2D eigenvalue weighted by atomic mass is 10.2. The number of carbonyl (C=O) groups is 2. The molecule has 5 heterocycles. The van der Waals surface area contributed by atoms with Crippen LogP contribution >= 0.6 is 0 Å². The molecule has 264 valence electrons. The molecule has 4 aromatic heterocycles. The van der Waals surface area contributed by atoms with Crippen LogP contribution in [0.15, 0.2) is 122 Å². The molecule has 12 heteroatoms. The monoisotopic (exact) mass is 698 g/mol. The van der Waals surface area contributed by atoms with Crippen LogP contribution in [0.1, 0.15) is 71.2 Å². The number of hydrogen-bond donors (Lipinski definition) is 2. The fourth-order valence-corrected chi connectivity index (χ4v) is 6.37. The van der Waals surface area contributed by atoms with Crippen LogP contribution in [0.5, 0.6) is 0 Å². The molecule has 6 aromatic rings. The van der Waals surface area contributed by atoms with Gasteiger partial charge in [0.15, 0.2) is 11.4 Å². The molecule has 0 spiro atoms. The molecule has 2 N–H and O–H groups in total. The van der Waals surface area contributed by atoms with Gasteiger partial charge < -0.3 is 20.1 Å². The molecule has 0 saturated heterocycles. The molecule has 0 saturated carbocycles. The fourth-order valence-electron chi connectivity index (χ4n) is 6.37. The van der Waals surface area contributed by atoms with Crippen molar-refractivity contribution in [3.8, 4) is 0 Å². The minimum Gasteiger partial charge on any atom is -0.445 e. The number of pyridine rings is 2. The van der Waals surface area contributed by atoms with E-state index in [-0.39, 0.29) is 25.3 Å². The zero-order valence-corrected chi connectivity index (χ0v) is 29.3. The Hall–Kier alpha value is -6.30. The molecule has 12 nitrogen and oxygen atoms in total. The summed E-state index contributed by atoms with van der Waals surface area (Å²) in [5, 5.41) is 6.00. The molecule has 8 bridgehead atoms. The Morgan fingerprint density at radius 3 is 1.46 bits per heavy atom. The summed E-state index contributed by atoms with van der Waals surface area (Å²) < 4.78 is 19.4. The van der Waals surface area contributed by atoms with E-state index in [1.54, 1.807) is 0 Å². The van der Waals surface area contributed by atoms with E-state index in [1.165, 1.54) is 0 Å². The van der Waals surface area contributed by atoms with Crippen molar-refractivity contribution in [2.45, 2.75) is 65.3 Å². The Kier molecular flexibility index (Phi) is 10.3. The zero-order chi connectivity index (χ0) is 35.9. The first-order chi connectivity index (χ1) is 25.3. The van der Waals surface area contributed by atoms with Crippen LogP contribution in [0.2, 0.25) is 0 Å². The summed E-state index contributed by atoms with van der Waals surface area (Å²) in [6.07, 6.45) is 7.17. The zero-order valence-electron chi connectivity index (χ0n) is 29.3. The number of amides is 2. The molecule has 0 unspecified atom stereocenters. The Morgan fingerprint density at radius 1 is 0.615 bits per heavy atom. The first-order valence-corrected chi connectivity index (χ1v) is 17.4. The summed E-state index contributed by atoms with van der Waals surface area (Å²) >= 11 is 0. The van der Waals surface area contributed by atoms with Gasteiger partial charge in [-0.25, -0.2) is 37.8 Å². The number of imidazole rings is 2. The van der Waals surface area contributed by atoms with Crippen LogP contribution in [0.4, 0.5) is 9.59 Å². The molecule has 0 fully saturated rings. The van der Waals surface area contributed by atoms with E-state index in [2.05, 4.69) is 28.9 Å². The number of alkyl carbamates (subject to hydrolysis) is 2. The van der Waals surface area contributed by atoms with E-state index < -0.39 is 12.2 Å². The second-order valence-electron chi connectivity index (χ2n) is 13.0. The predicted octanol–water partition coefficient (Wildman–Crippen LogP) is 5.14. The molecule has 2 amide bonds. The van der Waals surface area contributed by atoms with E-state index in [1.807, 2.05) is 136 Å². The molecule has 7 rings (SSSR count). The number of rotatable bonds is 8. The Morgan fingerprint density at radius 2 is 1.02 bits per heavy atom. The SMILES string of the molecule is C[C@H](NC(=O)OCc1ccccc1)c1c[n+]2cn1Cc1cccc(n1)Cn1c[n+](cc1[C@H](C)NC(=O)OCc1ccccc1)Cc1cccc(n1)C2. The highest BCUT2D eigenvalue weighted by atomic mass is 16.6. The Balaban J connectivity index is 1.13. The summed E-state index contributed by atoms with van der Waals surface area (Å²) in [6.45, 7) is 6.31. The number of aromatic nitrogens is 6. The van der Waals surface area contributed by atoms with Gasteiger partial charge in [0.1, 0.15) is 51.8 Å². The Bertz CT molecular complexity index is 2000. The number of carbonyl (C=O) groups excluding carboxylic acids is 2. The third-order valence-electron chi connectivity index (χ3n) is 8.90. The van der Waals surface area contributed by atoms with Crippen LogP contribution in [0.25, 0.3) is 0 Å². The lowest BCUT2D eigenvalue weighted by Crippen LogP contribution is -2.34. The van der Waals surface area contributed by atoms with Crippen molar-refractivity contribution in [2.75, 3.05) is 0 Å². The van der Waals surface area contributed by atoms with E-state index in [4.69, 9.17) is 19.4 Å². The van der Waals surface area contributed by atoms with E-state index in [9.17, 15) is 9.59 Å². The normalized spacial score (nSPS) is 13.4. The third-order valence-corrected chi connectivity index (χ3v) is 8.90. The number of hydrogen-bond acceptors (Lipinski definition) is 6. The van der Waals surface area contributed by atoms with Crippen molar-refractivity contribution >= 4 is 12.2 Å². The van der Waals surface area contributed by atoms with Crippen molar-refractivity contribution in [3.05, 3.63) is 167 Å². The predicted molar refractivity (Wildman–Crippen MR) is 190 cm³/mol. The van der Waals surface area contributed by atoms with Crippen molar-refractivity contribution < 1.29 is 28.2 Å². The second kappa shape index (κ2) is 15.7. The van der Waals surface area contributed by atoms with E-state index in [0.29, 0.717) is 26.2 Å². The quantitative estimate of drug-likeness (QED) is 0.212. The third kappa shape index (κ3) is 8.70. The largest absolute Gasteiger partial charge is 0.445 e. The summed E-state index contributed by atoms with van der Waals surface area (Å²) in [5.74, 6) is 0.